The number of nitrogens with zero attached hydrogens (tertiary/aromatic N) is 5. The Balaban J connectivity index is 1.62. The van der Waals surface area contributed by atoms with Crippen LogP contribution in [0.1, 0.15) is 0 Å². The maximum absolute atomic E-state index is 12.6. The van der Waals surface area contributed by atoms with Crippen molar-refractivity contribution >= 4 is 34.4 Å². The molecule has 8 nitrogen and oxygen atoms in total. The third-order valence-electron chi connectivity index (χ3n) is 3.87. The zero-order chi connectivity index (χ0) is 18.8. The first-order chi connectivity index (χ1) is 13.1. The second-order valence-corrected chi connectivity index (χ2v) is 6.18. The highest BCUT2D eigenvalue weighted by Gasteiger charge is 2.14. The van der Waals surface area contributed by atoms with Gasteiger partial charge < -0.3 is 5.32 Å². The molecular formula is C18H13ClN6O2. The second-order valence-electron chi connectivity index (χ2n) is 5.74. The van der Waals surface area contributed by atoms with Crippen molar-refractivity contribution in [2.75, 3.05) is 5.32 Å². The van der Waals surface area contributed by atoms with Crippen LogP contribution in [-0.4, -0.2) is 30.5 Å². The van der Waals surface area contributed by atoms with Crippen LogP contribution < -0.4 is 10.9 Å². The topological polar surface area (TPSA) is 94.7 Å². The molecule has 0 saturated carbocycles. The molecule has 0 saturated heterocycles. The molecule has 2 aromatic carbocycles. The second kappa shape index (κ2) is 7.00. The van der Waals surface area contributed by atoms with E-state index in [1.54, 1.807) is 36.4 Å². The quantitative estimate of drug-likeness (QED) is 0.586. The van der Waals surface area contributed by atoms with Gasteiger partial charge in [-0.05, 0) is 36.4 Å². The number of carbonyl (C=O) groups excluding carboxylic acids is 1. The number of hydrogen-bond acceptors (Lipinski definition) is 5. The number of para-hydroxylation sites is 1. The molecule has 0 aliphatic heterocycles. The fraction of sp³-hybridized carbons (Fsp3) is 0.0556. The van der Waals surface area contributed by atoms with Crippen molar-refractivity contribution in [3.63, 3.8) is 0 Å². The molecular weight excluding hydrogens is 368 g/mol. The number of hydrogen-bond donors (Lipinski definition) is 1. The molecule has 134 valence electrons. The third-order valence-corrected chi connectivity index (χ3v) is 4.12. The van der Waals surface area contributed by atoms with Crippen molar-refractivity contribution in [2.24, 2.45) is 0 Å². The van der Waals surface area contributed by atoms with Crippen LogP contribution in [0.4, 0.5) is 5.69 Å². The Hall–Kier alpha value is -3.52. The summed E-state index contributed by atoms with van der Waals surface area (Å²) in [5.41, 5.74) is 1.28. The molecule has 4 rings (SSSR count). The van der Waals surface area contributed by atoms with Gasteiger partial charge in [-0.2, -0.15) is 4.68 Å². The van der Waals surface area contributed by atoms with Gasteiger partial charge in [0.25, 0.3) is 5.56 Å². The summed E-state index contributed by atoms with van der Waals surface area (Å²) in [5.74, 6) is -0.338. The normalized spacial score (nSPS) is 10.9. The Bertz CT molecular complexity index is 1170. The van der Waals surface area contributed by atoms with Gasteiger partial charge >= 0.3 is 0 Å². The standard InChI is InChI=1S/C18H13ClN6O2/c19-12-6-8-14(9-7-12)25-17-16(22-23-25)18(27)24(11-20-17)10-15(26)21-13-4-2-1-3-5-13/h1-9,11H,10H2,(H,21,26). The Kier molecular flexibility index (Phi) is 4.39. The highest BCUT2D eigenvalue weighted by molar-refractivity contribution is 6.30. The summed E-state index contributed by atoms with van der Waals surface area (Å²) in [6, 6.07) is 15.9. The molecule has 27 heavy (non-hydrogen) atoms. The molecule has 0 radical (unpaired) electrons. The number of rotatable bonds is 4. The van der Waals surface area contributed by atoms with Crippen molar-refractivity contribution in [1.29, 1.82) is 0 Å². The van der Waals surface area contributed by atoms with E-state index in [-0.39, 0.29) is 18.0 Å². The van der Waals surface area contributed by atoms with Crippen molar-refractivity contribution in [2.45, 2.75) is 6.54 Å². The van der Waals surface area contributed by atoms with Crippen LogP contribution in [0.25, 0.3) is 16.9 Å². The van der Waals surface area contributed by atoms with Gasteiger partial charge in [0.2, 0.25) is 5.91 Å². The van der Waals surface area contributed by atoms with Gasteiger partial charge in [0, 0.05) is 10.7 Å². The molecule has 0 fully saturated rings. The molecule has 0 aliphatic carbocycles. The first kappa shape index (κ1) is 16.9. The molecule has 1 amide bonds. The lowest BCUT2D eigenvalue weighted by molar-refractivity contribution is -0.116. The number of aromatic nitrogens is 5. The lowest BCUT2D eigenvalue weighted by Crippen LogP contribution is -2.28. The fourth-order valence-corrected chi connectivity index (χ4v) is 2.72. The third kappa shape index (κ3) is 3.42. The number of anilines is 1. The summed E-state index contributed by atoms with van der Waals surface area (Å²) >= 11 is 5.89. The van der Waals surface area contributed by atoms with E-state index in [9.17, 15) is 9.59 Å². The summed E-state index contributed by atoms with van der Waals surface area (Å²) in [4.78, 5) is 29.0. The molecule has 0 spiro atoms. The zero-order valence-corrected chi connectivity index (χ0v) is 14.7. The zero-order valence-electron chi connectivity index (χ0n) is 13.9. The van der Waals surface area contributed by atoms with Gasteiger partial charge in [0.05, 0.1) is 5.69 Å². The Morgan fingerprint density at radius 1 is 1.07 bits per heavy atom. The minimum atomic E-state index is -0.441. The Morgan fingerprint density at radius 2 is 1.81 bits per heavy atom. The van der Waals surface area contributed by atoms with Crippen molar-refractivity contribution < 1.29 is 4.79 Å². The SMILES string of the molecule is O=C(Cn1cnc2c(nnn2-c2ccc(Cl)cc2)c1=O)Nc1ccccc1. The number of fused-ring (bicyclic) bond motifs is 1. The predicted octanol–water partition coefficient (Wildman–Crippen LogP) is 2.27. The molecule has 2 heterocycles. The molecule has 1 N–H and O–H groups in total. The summed E-state index contributed by atoms with van der Waals surface area (Å²) in [6.07, 6.45) is 1.31. The van der Waals surface area contributed by atoms with Crippen LogP contribution in [0.3, 0.4) is 0 Å². The van der Waals surface area contributed by atoms with Gasteiger partial charge in [-0.15, -0.1) is 5.10 Å². The lowest BCUT2D eigenvalue weighted by Gasteiger charge is -2.07. The first-order valence-corrected chi connectivity index (χ1v) is 8.41. The smallest absolute Gasteiger partial charge is 0.284 e. The van der Waals surface area contributed by atoms with Crippen molar-refractivity contribution in [1.82, 2.24) is 24.5 Å². The van der Waals surface area contributed by atoms with Crippen LogP contribution in [0.15, 0.2) is 65.7 Å². The number of carbonyl (C=O) groups is 1. The summed E-state index contributed by atoms with van der Waals surface area (Å²) < 4.78 is 2.64. The van der Waals surface area contributed by atoms with E-state index in [4.69, 9.17) is 11.6 Å². The average molecular weight is 381 g/mol. The van der Waals surface area contributed by atoms with E-state index in [0.717, 1.165) is 0 Å². The van der Waals surface area contributed by atoms with Crippen LogP contribution in [0.5, 0.6) is 0 Å². The van der Waals surface area contributed by atoms with Crippen LogP contribution >= 0.6 is 11.6 Å². The first-order valence-electron chi connectivity index (χ1n) is 8.03. The minimum absolute atomic E-state index is 0.0833. The van der Waals surface area contributed by atoms with Gasteiger partial charge in [0.15, 0.2) is 11.2 Å². The van der Waals surface area contributed by atoms with E-state index < -0.39 is 5.56 Å². The lowest BCUT2D eigenvalue weighted by atomic mass is 10.3. The van der Waals surface area contributed by atoms with Gasteiger partial charge in [0.1, 0.15) is 12.9 Å². The van der Waals surface area contributed by atoms with Crippen LogP contribution in [-0.2, 0) is 11.3 Å². The predicted molar refractivity (Wildman–Crippen MR) is 101 cm³/mol. The average Bonchev–Trinajstić information content (AvgIpc) is 3.10. The number of nitrogens with one attached hydrogen (secondary N) is 1. The number of halogens is 1. The largest absolute Gasteiger partial charge is 0.325 e. The summed E-state index contributed by atoms with van der Waals surface area (Å²) in [7, 11) is 0. The monoisotopic (exact) mass is 380 g/mol. The van der Waals surface area contributed by atoms with E-state index >= 15 is 0 Å². The minimum Gasteiger partial charge on any atom is -0.325 e. The number of benzene rings is 2. The van der Waals surface area contributed by atoms with E-state index in [2.05, 4.69) is 20.6 Å². The summed E-state index contributed by atoms with van der Waals surface area (Å²) in [6.45, 7) is -0.176. The molecule has 0 bridgehead atoms. The molecule has 0 unspecified atom stereocenters. The van der Waals surface area contributed by atoms with Crippen molar-refractivity contribution in [3.05, 3.63) is 76.3 Å². The van der Waals surface area contributed by atoms with Crippen molar-refractivity contribution in [3.8, 4) is 5.69 Å². The van der Waals surface area contributed by atoms with E-state index in [1.165, 1.54) is 15.6 Å². The van der Waals surface area contributed by atoms with E-state index in [1.807, 2.05) is 18.2 Å². The Labute approximate surface area is 158 Å². The molecule has 0 aliphatic rings. The highest BCUT2D eigenvalue weighted by atomic mass is 35.5. The molecule has 4 aromatic rings. The van der Waals surface area contributed by atoms with E-state index in [0.29, 0.717) is 22.0 Å². The van der Waals surface area contributed by atoms with Gasteiger partial charge in [-0.3, -0.25) is 14.2 Å². The fourth-order valence-electron chi connectivity index (χ4n) is 2.59. The van der Waals surface area contributed by atoms with Crippen LogP contribution in [0.2, 0.25) is 5.02 Å². The maximum Gasteiger partial charge on any atom is 0.284 e. The molecule has 0 atom stereocenters. The number of amides is 1. The van der Waals surface area contributed by atoms with Gasteiger partial charge in [-0.25, -0.2) is 4.98 Å². The molecule has 9 heteroatoms. The summed E-state index contributed by atoms with van der Waals surface area (Å²) in [5, 5.41) is 11.2. The highest BCUT2D eigenvalue weighted by Crippen LogP contribution is 2.15. The van der Waals surface area contributed by atoms with Gasteiger partial charge in [-0.1, -0.05) is 35.0 Å². The maximum atomic E-state index is 12.6. The van der Waals surface area contributed by atoms with Crippen LogP contribution in [0, 0.1) is 0 Å². The molecule has 2 aromatic heterocycles. The Morgan fingerprint density at radius 3 is 2.56 bits per heavy atom.